The minimum atomic E-state index is -3.50. The molecule has 0 saturated carbocycles. The summed E-state index contributed by atoms with van der Waals surface area (Å²) in [6.07, 6.45) is 4.03. The first-order valence-electron chi connectivity index (χ1n) is 9.11. The van der Waals surface area contributed by atoms with E-state index in [1.54, 1.807) is 34.9 Å². The van der Waals surface area contributed by atoms with Crippen molar-refractivity contribution >= 4 is 38.1 Å². The average molecular weight is 457 g/mol. The Morgan fingerprint density at radius 1 is 1.22 bits per heavy atom. The van der Waals surface area contributed by atoms with Crippen molar-refractivity contribution in [1.29, 1.82) is 0 Å². The number of rotatable bonds is 6. The van der Waals surface area contributed by atoms with E-state index in [9.17, 15) is 22.9 Å². The summed E-state index contributed by atoms with van der Waals surface area (Å²) >= 11 is 0. The molecule has 2 aromatic heterocycles. The number of sulfone groups is 1. The number of anilines is 2. The lowest BCUT2D eigenvalue weighted by atomic mass is 10.2. The zero-order valence-electron chi connectivity index (χ0n) is 16.8. The number of nitrogens with zero attached hydrogens (tertiary/aromatic N) is 4. The maximum absolute atomic E-state index is 13.9. The van der Waals surface area contributed by atoms with Crippen molar-refractivity contribution in [3.63, 3.8) is 0 Å². The van der Waals surface area contributed by atoms with Crippen molar-refractivity contribution in [2.24, 2.45) is 0 Å². The number of methoxy groups -OCH3 is 1. The number of aromatic nitrogens is 3. The number of fused-ring (bicyclic) bond motifs is 1. The second-order valence-corrected chi connectivity index (χ2v) is 8.76. The third kappa shape index (κ3) is 3.83. The van der Waals surface area contributed by atoms with Crippen LogP contribution in [0, 0.1) is 15.9 Å². The molecule has 0 radical (unpaired) electrons. The Morgan fingerprint density at radius 3 is 2.66 bits per heavy atom. The van der Waals surface area contributed by atoms with Crippen molar-refractivity contribution in [2.45, 2.75) is 4.90 Å². The highest BCUT2D eigenvalue weighted by Gasteiger charge is 2.21. The van der Waals surface area contributed by atoms with Gasteiger partial charge in [0.05, 0.1) is 28.1 Å². The lowest BCUT2D eigenvalue weighted by Crippen LogP contribution is -2.04. The highest BCUT2D eigenvalue weighted by molar-refractivity contribution is 7.91. The molecular formula is C20H16FN5O5S. The molecule has 4 aromatic rings. The van der Waals surface area contributed by atoms with Crippen LogP contribution in [0.4, 0.5) is 21.7 Å². The molecule has 0 unspecified atom stereocenters. The van der Waals surface area contributed by atoms with Crippen molar-refractivity contribution in [1.82, 2.24) is 14.5 Å². The topological polar surface area (TPSA) is 129 Å². The van der Waals surface area contributed by atoms with Crippen LogP contribution in [0.15, 0.2) is 59.8 Å². The Morgan fingerprint density at radius 2 is 1.97 bits per heavy atom. The van der Waals surface area contributed by atoms with E-state index in [0.717, 1.165) is 18.4 Å². The smallest absolute Gasteiger partial charge is 0.307 e. The largest absolute Gasteiger partial charge is 0.494 e. The fourth-order valence-corrected chi connectivity index (χ4v) is 4.12. The first-order valence-corrected chi connectivity index (χ1v) is 11.0. The van der Waals surface area contributed by atoms with Crippen molar-refractivity contribution in [3.8, 4) is 11.6 Å². The summed E-state index contributed by atoms with van der Waals surface area (Å²) in [6.45, 7) is 0. The van der Waals surface area contributed by atoms with Gasteiger partial charge < -0.3 is 10.1 Å². The Hall–Kier alpha value is -4.06. The maximum atomic E-state index is 13.9. The Bertz CT molecular complexity index is 1470. The number of nitrogens with one attached hydrogen (secondary N) is 1. The quantitative estimate of drug-likeness (QED) is 0.343. The van der Waals surface area contributed by atoms with E-state index in [4.69, 9.17) is 4.74 Å². The van der Waals surface area contributed by atoms with Crippen LogP contribution in [-0.4, -0.2) is 41.2 Å². The van der Waals surface area contributed by atoms with Gasteiger partial charge in [-0.2, -0.15) is 9.37 Å². The number of nitro benzene ring substituents is 1. The molecule has 0 aliphatic carbocycles. The molecule has 12 heteroatoms. The van der Waals surface area contributed by atoms with Crippen LogP contribution < -0.4 is 10.1 Å². The van der Waals surface area contributed by atoms with Gasteiger partial charge in [0.25, 0.3) is 0 Å². The number of para-hydroxylation sites is 1. The fourth-order valence-electron chi connectivity index (χ4n) is 3.25. The van der Waals surface area contributed by atoms with Gasteiger partial charge in [-0.25, -0.2) is 13.4 Å². The first-order chi connectivity index (χ1) is 15.2. The third-order valence-electron chi connectivity index (χ3n) is 4.67. The summed E-state index contributed by atoms with van der Waals surface area (Å²) in [5, 5.41) is 14.4. The molecule has 10 nitrogen and oxygen atoms in total. The Labute approximate surface area is 181 Å². The molecule has 0 atom stereocenters. The van der Waals surface area contributed by atoms with Crippen LogP contribution >= 0.6 is 0 Å². The van der Waals surface area contributed by atoms with Gasteiger partial charge in [-0.3, -0.25) is 14.7 Å². The van der Waals surface area contributed by atoms with Crippen molar-refractivity contribution in [2.75, 3.05) is 18.7 Å². The molecule has 2 aromatic carbocycles. The van der Waals surface area contributed by atoms with Gasteiger partial charge in [0, 0.05) is 36.2 Å². The second kappa shape index (κ2) is 7.89. The zero-order valence-corrected chi connectivity index (χ0v) is 17.6. The monoisotopic (exact) mass is 457 g/mol. The van der Waals surface area contributed by atoms with Crippen LogP contribution in [0.2, 0.25) is 0 Å². The summed E-state index contributed by atoms with van der Waals surface area (Å²) in [4.78, 5) is 18.9. The van der Waals surface area contributed by atoms with Gasteiger partial charge in [0.2, 0.25) is 11.8 Å². The predicted octanol–water partition coefficient (Wildman–Crippen LogP) is 3.62. The lowest BCUT2D eigenvalue weighted by molar-refractivity contribution is -0.387. The maximum Gasteiger partial charge on any atom is 0.307 e. The number of ether oxygens (including phenoxy) is 1. The standard InChI is InChI=1S/C20H16FN5O5S/c1-31-17-9-13(21)16(26(27)28)10-14(17)23-20-22-8-7-19(24-20)25-11-18(32(2,29)30)12-5-3-4-6-15(12)25/h3-11H,1-2H3,(H,22,23,24). The normalized spacial score (nSPS) is 11.5. The van der Waals surface area contributed by atoms with E-state index < -0.39 is 26.3 Å². The van der Waals surface area contributed by atoms with E-state index in [2.05, 4.69) is 15.3 Å². The highest BCUT2D eigenvalue weighted by Crippen LogP contribution is 2.33. The number of hydrogen-bond acceptors (Lipinski definition) is 8. The van der Waals surface area contributed by atoms with Crippen LogP contribution in [0.3, 0.4) is 0 Å². The van der Waals surface area contributed by atoms with E-state index in [1.165, 1.54) is 19.5 Å². The van der Waals surface area contributed by atoms with Gasteiger partial charge in [-0.1, -0.05) is 18.2 Å². The van der Waals surface area contributed by atoms with E-state index in [-0.39, 0.29) is 22.3 Å². The summed E-state index contributed by atoms with van der Waals surface area (Å²) in [5.41, 5.74) is -0.0295. The van der Waals surface area contributed by atoms with Crippen LogP contribution in [-0.2, 0) is 9.84 Å². The molecule has 0 saturated heterocycles. The molecule has 1 N–H and O–H groups in total. The summed E-state index contributed by atoms with van der Waals surface area (Å²) in [7, 11) is -2.20. The number of nitro groups is 1. The molecule has 0 spiro atoms. The van der Waals surface area contributed by atoms with E-state index in [0.29, 0.717) is 16.7 Å². The summed E-state index contributed by atoms with van der Waals surface area (Å²) in [6, 6.07) is 10.4. The highest BCUT2D eigenvalue weighted by atomic mass is 32.2. The van der Waals surface area contributed by atoms with Gasteiger partial charge in [-0.15, -0.1) is 0 Å². The first kappa shape index (κ1) is 21.2. The molecule has 0 aliphatic heterocycles. The summed E-state index contributed by atoms with van der Waals surface area (Å²) in [5.74, 6) is -0.628. The lowest BCUT2D eigenvalue weighted by Gasteiger charge is -2.11. The molecule has 0 aliphatic rings. The number of halogens is 1. The molecule has 164 valence electrons. The molecule has 0 amide bonds. The van der Waals surface area contributed by atoms with Crippen LogP contribution in [0.1, 0.15) is 0 Å². The Balaban J connectivity index is 1.80. The average Bonchev–Trinajstić information content (AvgIpc) is 3.15. The van der Waals surface area contributed by atoms with E-state index in [1.807, 2.05) is 0 Å². The Kier molecular flexibility index (Phi) is 5.22. The SMILES string of the molecule is COc1cc(F)c([N+](=O)[O-])cc1Nc1nccc(-n2cc(S(C)(=O)=O)c3ccccc32)n1. The molecule has 0 fully saturated rings. The molecule has 32 heavy (non-hydrogen) atoms. The van der Waals surface area contributed by atoms with Crippen molar-refractivity contribution < 1.29 is 22.5 Å². The van der Waals surface area contributed by atoms with Crippen LogP contribution in [0.25, 0.3) is 16.7 Å². The minimum absolute atomic E-state index is 0.0212. The van der Waals surface area contributed by atoms with Crippen molar-refractivity contribution in [3.05, 3.63) is 70.8 Å². The predicted molar refractivity (Wildman–Crippen MR) is 115 cm³/mol. The zero-order chi connectivity index (χ0) is 23.0. The number of hydrogen-bond donors (Lipinski definition) is 1. The number of benzene rings is 2. The van der Waals surface area contributed by atoms with Gasteiger partial charge in [-0.05, 0) is 12.1 Å². The van der Waals surface area contributed by atoms with Gasteiger partial charge >= 0.3 is 5.69 Å². The van der Waals surface area contributed by atoms with Gasteiger partial charge in [0.1, 0.15) is 11.6 Å². The third-order valence-corrected chi connectivity index (χ3v) is 5.80. The molecular weight excluding hydrogens is 441 g/mol. The van der Waals surface area contributed by atoms with Gasteiger partial charge in [0.15, 0.2) is 9.84 Å². The second-order valence-electron chi connectivity index (χ2n) is 6.78. The molecule has 4 rings (SSSR count). The summed E-state index contributed by atoms with van der Waals surface area (Å²) < 4.78 is 45.1. The molecule has 0 bridgehead atoms. The fraction of sp³-hybridized carbons (Fsp3) is 0.100. The van der Waals surface area contributed by atoms with Crippen LogP contribution in [0.5, 0.6) is 5.75 Å². The minimum Gasteiger partial charge on any atom is -0.494 e. The molecule has 2 heterocycles. The van der Waals surface area contributed by atoms with E-state index >= 15 is 0 Å².